The molecule has 0 atom stereocenters. The first kappa shape index (κ1) is 13.1. The molecule has 2 rings (SSSR count). The number of hydrogen-bond donors (Lipinski definition) is 2. The molecular formula is C13H16N4O2. The number of benzene rings is 1. The zero-order valence-corrected chi connectivity index (χ0v) is 10.9. The number of nitrogen functional groups attached to an aromatic ring is 1. The fraction of sp³-hybridized carbons (Fsp3) is 0.231. The van der Waals surface area contributed by atoms with Crippen LogP contribution in [0.3, 0.4) is 0 Å². The van der Waals surface area contributed by atoms with Crippen molar-refractivity contribution >= 4 is 12.2 Å². The Hall–Kier alpha value is -2.34. The second-order valence-electron chi connectivity index (χ2n) is 4.06. The highest BCUT2D eigenvalue weighted by atomic mass is 16.5. The summed E-state index contributed by atoms with van der Waals surface area (Å²) < 4.78 is 6.63. The standard InChI is InChI=1S/C13H16N4O2/c1-9-7-17(13(14)16-9)15-6-10-3-4-12(19-2)11(5-10)8-18/h3-7,18H,8H2,1-2H3,(H2,14,16). The first-order chi connectivity index (χ1) is 9.13. The number of anilines is 1. The summed E-state index contributed by atoms with van der Waals surface area (Å²) in [5, 5.41) is 13.5. The van der Waals surface area contributed by atoms with E-state index in [9.17, 15) is 5.11 Å². The second kappa shape index (κ2) is 5.53. The summed E-state index contributed by atoms with van der Waals surface area (Å²) in [6.45, 7) is 1.76. The van der Waals surface area contributed by atoms with E-state index in [0.717, 1.165) is 11.3 Å². The molecule has 0 spiro atoms. The van der Waals surface area contributed by atoms with Gasteiger partial charge in [-0.2, -0.15) is 5.10 Å². The summed E-state index contributed by atoms with van der Waals surface area (Å²) in [6.07, 6.45) is 3.39. The maximum Gasteiger partial charge on any atom is 0.221 e. The largest absolute Gasteiger partial charge is 0.496 e. The van der Waals surface area contributed by atoms with Gasteiger partial charge in [-0.1, -0.05) is 0 Å². The first-order valence-corrected chi connectivity index (χ1v) is 5.77. The summed E-state index contributed by atoms with van der Waals surface area (Å²) in [7, 11) is 1.57. The van der Waals surface area contributed by atoms with Crippen LogP contribution in [0.2, 0.25) is 0 Å². The van der Waals surface area contributed by atoms with Crippen molar-refractivity contribution in [1.82, 2.24) is 9.66 Å². The maximum atomic E-state index is 9.25. The topological polar surface area (TPSA) is 85.7 Å². The van der Waals surface area contributed by atoms with Crippen LogP contribution in [-0.4, -0.2) is 28.1 Å². The molecule has 6 heteroatoms. The van der Waals surface area contributed by atoms with Crippen molar-refractivity contribution < 1.29 is 9.84 Å². The van der Waals surface area contributed by atoms with E-state index in [1.165, 1.54) is 4.68 Å². The van der Waals surface area contributed by atoms with Crippen molar-refractivity contribution in [2.75, 3.05) is 12.8 Å². The molecule has 3 N–H and O–H groups in total. The Balaban J connectivity index is 2.26. The molecule has 100 valence electrons. The third-order valence-electron chi connectivity index (χ3n) is 2.64. The lowest BCUT2D eigenvalue weighted by Gasteiger charge is -2.06. The molecule has 0 aliphatic rings. The van der Waals surface area contributed by atoms with Crippen LogP contribution in [0.4, 0.5) is 5.95 Å². The van der Waals surface area contributed by atoms with Gasteiger partial charge in [-0.3, -0.25) is 0 Å². The number of nitrogens with two attached hydrogens (primary N) is 1. The van der Waals surface area contributed by atoms with E-state index < -0.39 is 0 Å². The Kier molecular flexibility index (Phi) is 3.82. The summed E-state index contributed by atoms with van der Waals surface area (Å²) in [5.74, 6) is 0.988. The highest BCUT2D eigenvalue weighted by molar-refractivity contribution is 5.80. The Morgan fingerprint density at radius 3 is 2.89 bits per heavy atom. The molecule has 0 amide bonds. The van der Waals surface area contributed by atoms with Gasteiger partial charge >= 0.3 is 0 Å². The second-order valence-corrected chi connectivity index (χ2v) is 4.06. The van der Waals surface area contributed by atoms with Crippen molar-refractivity contribution in [1.29, 1.82) is 0 Å². The molecule has 1 aromatic carbocycles. The lowest BCUT2D eigenvalue weighted by molar-refractivity contribution is 0.274. The summed E-state index contributed by atoms with van der Waals surface area (Å²) >= 11 is 0. The monoisotopic (exact) mass is 260 g/mol. The highest BCUT2D eigenvalue weighted by Crippen LogP contribution is 2.19. The third-order valence-corrected chi connectivity index (χ3v) is 2.64. The number of aliphatic hydroxyl groups is 1. The molecule has 0 fully saturated rings. The number of aromatic nitrogens is 2. The smallest absolute Gasteiger partial charge is 0.221 e. The Morgan fingerprint density at radius 2 is 2.32 bits per heavy atom. The first-order valence-electron chi connectivity index (χ1n) is 5.77. The molecule has 0 bridgehead atoms. The number of rotatable bonds is 4. The average Bonchev–Trinajstić information content (AvgIpc) is 2.74. The van der Waals surface area contributed by atoms with E-state index in [2.05, 4.69) is 10.1 Å². The molecule has 0 saturated carbocycles. The van der Waals surface area contributed by atoms with Crippen molar-refractivity contribution in [3.63, 3.8) is 0 Å². The van der Waals surface area contributed by atoms with E-state index in [4.69, 9.17) is 10.5 Å². The van der Waals surface area contributed by atoms with E-state index in [1.54, 1.807) is 25.6 Å². The minimum absolute atomic E-state index is 0.0861. The Morgan fingerprint density at radius 1 is 1.53 bits per heavy atom. The summed E-state index contributed by atoms with van der Waals surface area (Å²) in [4.78, 5) is 4.05. The summed E-state index contributed by atoms with van der Waals surface area (Å²) in [5.41, 5.74) is 8.04. The van der Waals surface area contributed by atoms with Crippen LogP contribution in [0.25, 0.3) is 0 Å². The fourth-order valence-electron chi connectivity index (χ4n) is 1.73. The van der Waals surface area contributed by atoms with Crippen LogP contribution in [0, 0.1) is 6.92 Å². The van der Waals surface area contributed by atoms with E-state index in [1.807, 2.05) is 19.1 Å². The Bertz CT molecular complexity index is 605. The van der Waals surface area contributed by atoms with E-state index >= 15 is 0 Å². The van der Waals surface area contributed by atoms with Crippen LogP contribution < -0.4 is 10.5 Å². The number of imidazole rings is 1. The summed E-state index contributed by atoms with van der Waals surface area (Å²) in [6, 6.07) is 5.44. The number of nitrogens with zero attached hydrogens (tertiary/aromatic N) is 3. The van der Waals surface area contributed by atoms with Gasteiger partial charge in [-0.15, -0.1) is 0 Å². The number of aryl methyl sites for hydroxylation is 1. The maximum absolute atomic E-state index is 9.25. The zero-order chi connectivity index (χ0) is 13.8. The molecule has 0 saturated heterocycles. The van der Waals surface area contributed by atoms with Crippen molar-refractivity contribution in [2.24, 2.45) is 5.10 Å². The predicted octanol–water partition coefficient (Wildman–Crippen LogP) is 1.16. The number of methoxy groups -OCH3 is 1. The predicted molar refractivity (Wildman–Crippen MR) is 73.3 cm³/mol. The number of hydrogen-bond acceptors (Lipinski definition) is 5. The van der Waals surface area contributed by atoms with E-state index in [0.29, 0.717) is 17.3 Å². The molecule has 0 aliphatic heterocycles. The van der Waals surface area contributed by atoms with Gasteiger partial charge < -0.3 is 15.6 Å². The van der Waals surface area contributed by atoms with Crippen LogP contribution in [0.1, 0.15) is 16.8 Å². The molecule has 0 aliphatic carbocycles. The van der Waals surface area contributed by atoms with Crippen molar-refractivity contribution in [3.8, 4) is 5.75 Å². The molecule has 19 heavy (non-hydrogen) atoms. The molecule has 2 aromatic rings. The van der Waals surface area contributed by atoms with Crippen LogP contribution in [0.15, 0.2) is 29.5 Å². The van der Waals surface area contributed by atoms with Gasteiger partial charge in [0.2, 0.25) is 5.95 Å². The van der Waals surface area contributed by atoms with Gasteiger partial charge in [0.15, 0.2) is 0 Å². The Labute approximate surface area is 111 Å². The van der Waals surface area contributed by atoms with Gasteiger partial charge in [0, 0.05) is 5.56 Å². The normalized spacial score (nSPS) is 11.1. The third kappa shape index (κ3) is 2.92. The zero-order valence-electron chi connectivity index (χ0n) is 10.9. The minimum Gasteiger partial charge on any atom is -0.496 e. The quantitative estimate of drug-likeness (QED) is 0.808. The van der Waals surface area contributed by atoms with Crippen LogP contribution in [0.5, 0.6) is 5.75 Å². The lowest BCUT2D eigenvalue weighted by Crippen LogP contribution is -1.98. The molecule has 1 heterocycles. The SMILES string of the molecule is COc1ccc(C=Nn2cc(C)nc2N)cc1CO. The highest BCUT2D eigenvalue weighted by Gasteiger charge is 2.03. The molecular weight excluding hydrogens is 244 g/mol. The van der Waals surface area contributed by atoms with E-state index in [-0.39, 0.29) is 6.61 Å². The molecule has 6 nitrogen and oxygen atoms in total. The van der Waals surface area contributed by atoms with Gasteiger partial charge in [0.1, 0.15) is 5.75 Å². The fourth-order valence-corrected chi connectivity index (χ4v) is 1.73. The van der Waals surface area contributed by atoms with Gasteiger partial charge in [0.25, 0.3) is 0 Å². The molecule has 0 unspecified atom stereocenters. The van der Waals surface area contributed by atoms with Gasteiger partial charge in [-0.05, 0) is 30.7 Å². The van der Waals surface area contributed by atoms with Crippen molar-refractivity contribution in [2.45, 2.75) is 13.5 Å². The van der Waals surface area contributed by atoms with Crippen LogP contribution in [-0.2, 0) is 6.61 Å². The van der Waals surface area contributed by atoms with Gasteiger partial charge in [-0.25, -0.2) is 9.66 Å². The number of ether oxygens (including phenoxy) is 1. The van der Waals surface area contributed by atoms with Crippen molar-refractivity contribution in [3.05, 3.63) is 41.2 Å². The number of aliphatic hydroxyl groups excluding tert-OH is 1. The molecule has 0 radical (unpaired) electrons. The van der Waals surface area contributed by atoms with Gasteiger partial charge in [0.05, 0.1) is 31.8 Å². The average molecular weight is 260 g/mol. The lowest BCUT2D eigenvalue weighted by atomic mass is 10.1. The minimum atomic E-state index is -0.0861. The molecule has 1 aromatic heterocycles. The van der Waals surface area contributed by atoms with Crippen LogP contribution >= 0.6 is 0 Å².